The van der Waals surface area contributed by atoms with E-state index in [1.54, 1.807) is 7.11 Å². The molecular weight excluding hydrogens is 304 g/mol. The zero-order chi connectivity index (χ0) is 19.2. The molecule has 25 heavy (non-hydrogen) atoms. The number of aryl methyl sites for hydroxylation is 1. The number of benzene rings is 1. The lowest BCUT2D eigenvalue weighted by Crippen LogP contribution is -2.23. The van der Waals surface area contributed by atoms with E-state index in [1.165, 1.54) is 27.8 Å². The number of hydrogen-bond donors (Lipinski definition) is 0. The Morgan fingerprint density at radius 3 is 1.84 bits per heavy atom. The third-order valence-corrected chi connectivity index (χ3v) is 5.48. The van der Waals surface area contributed by atoms with Gasteiger partial charge in [-0.1, -0.05) is 90.8 Å². The average Bonchev–Trinajstić information content (AvgIpc) is 2.96. The van der Waals surface area contributed by atoms with Gasteiger partial charge in [-0.25, -0.2) is 0 Å². The van der Waals surface area contributed by atoms with Gasteiger partial charge in [0, 0.05) is 16.5 Å². The zero-order valence-corrected chi connectivity index (χ0v) is 17.9. The fraction of sp³-hybridized carbons (Fsp3) is 0.583. The second kappa shape index (κ2) is 6.34. The molecule has 0 amide bonds. The van der Waals surface area contributed by atoms with Crippen molar-refractivity contribution >= 4 is 0 Å². The second-order valence-corrected chi connectivity index (χ2v) is 10.1. The molecule has 0 saturated heterocycles. The first kappa shape index (κ1) is 19.8. The van der Waals surface area contributed by atoms with Crippen molar-refractivity contribution in [2.75, 3.05) is 7.11 Å². The molecule has 1 aliphatic carbocycles. The Balaban J connectivity index is 2.61. The number of ether oxygens (including phenoxy) is 1. The normalized spacial score (nSPS) is 15.9. The molecule has 1 aromatic rings. The van der Waals surface area contributed by atoms with Crippen LogP contribution in [0.15, 0.2) is 35.4 Å². The molecule has 0 saturated carbocycles. The maximum absolute atomic E-state index is 5.95. The Morgan fingerprint density at radius 2 is 1.40 bits per heavy atom. The Kier molecular flexibility index (Phi) is 5.03. The van der Waals surface area contributed by atoms with E-state index in [4.69, 9.17) is 4.74 Å². The van der Waals surface area contributed by atoms with Gasteiger partial charge in [0.2, 0.25) is 0 Å². The standard InChI is InChI=1S/C24H36O/c1-16-13-19(23(5,6)7)21(25-10)20(14-16)24(8,9)18-12-11-17(15-18)22(2,3)4/h12-15H,11H2,1-10H3. The molecule has 0 fully saturated rings. The fourth-order valence-corrected chi connectivity index (χ4v) is 3.65. The highest BCUT2D eigenvalue weighted by atomic mass is 16.5. The summed E-state index contributed by atoms with van der Waals surface area (Å²) in [7, 11) is 1.80. The van der Waals surface area contributed by atoms with Crippen LogP contribution < -0.4 is 4.74 Å². The lowest BCUT2D eigenvalue weighted by molar-refractivity contribution is 0.384. The molecule has 0 heterocycles. The quantitative estimate of drug-likeness (QED) is 0.582. The number of methoxy groups -OCH3 is 1. The summed E-state index contributed by atoms with van der Waals surface area (Å²) in [6, 6.07) is 4.58. The highest BCUT2D eigenvalue weighted by Crippen LogP contribution is 2.46. The monoisotopic (exact) mass is 340 g/mol. The van der Waals surface area contributed by atoms with Gasteiger partial charge in [-0.15, -0.1) is 0 Å². The summed E-state index contributed by atoms with van der Waals surface area (Å²) in [6.45, 7) is 20.5. The van der Waals surface area contributed by atoms with Crippen molar-refractivity contribution in [3.63, 3.8) is 0 Å². The topological polar surface area (TPSA) is 9.23 Å². The Bertz CT molecular complexity index is 716. The van der Waals surface area contributed by atoms with Gasteiger partial charge < -0.3 is 4.74 Å². The van der Waals surface area contributed by atoms with Crippen LogP contribution in [0, 0.1) is 12.3 Å². The van der Waals surface area contributed by atoms with Crippen LogP contribution in [0.4, 0.5) is 0 Å². The Hall–Kier alpha value is -1.50. The summed E-state index contributed by atoms with van der Waals surface area (Å²) in [5.41, 5.74) is 6.99. The van der Waals surface area contributed by atoms with Gasteiger partial charge in [-0.3, -0.25) is 0 Å². The van der Waals surface area contributed by atoms with Crippen LogP contribution in [-0.4, -0.2) is 7.11 Å². The van der Waals surface area contributed by atoms with E-state index in [-0.39, 0.29) is 16.2 Å². The molecule has 2 rings (SSSR count). The van der Waals surface area contributed by atoms with Crippen LogP contribution in [0.1, 0.15) is 78.5 Å². The molecule has 138 valence electrons. The third-order valence-electron chi connectivity index (χ3n) is 5.48. The largest absolute Gasteiger partial charge is 0.496 e. The number of allylic oxidation sites excluding steroid dienone is 4. The van der Waals surface area contributed by atoms with E-state index in [0.717, 1.165) is 12.2 Å². The van der Waals surface area contributed by atoms with Crippen molar-refractivity contribution in [1.29, 1.82) is 0 Å². The molecule has 0 unspecified atom stereocenters. The molecule has 1 heteroatoms. The van der Waals surface area contributed by atoms with Gasteiger partial charge in [0.25, 0.3) is 0 Å². The van der Waals surface area contributed by atoms with Crippen molar-refractivity contribution in [2.24, 2.45) is 5.41 Å². The van der Waals surface area contributed by atoms with Gasteiger partial charge in [0.15, 0.2) is 0 Å². The average molecular weight is 341 g/mol. The Morgan fingerprint density at radius 1 is 0.840 bits per heavy atom. The van der Waals surface area contributed by atoms with Crippen LogP contribution in [0.2, 0.25) is 0 Å². The summed E-state index contributed by atoms with van der Waals surface area (Å²) < 4.78 is 5.95. The summed E-state index contributed by atoms with van der Waals surface area (Å²) in [5, 5.41) is 0. The summed E-state index contributed by atoms with van der Waals surface area (Å²) in [4.78, 5) is 0. The number of hydrogen-bond acceptors (Lipinski definition) is 1. The van der Waals surface area contributed by atoms with Crippen LogP contribution in [0.25, 0.3) is 0 Å². The van der Waals surface area contributed by atoms with Crippen molar-refractivity contribution in [3.05, 3.63) is 52.1 Å². The summed E-state index contributed by atoms with van der Waals surface area (Å²) in [6.07, 6.45) is 5.88. The van der Waals surface area contributed by atoms with E-state index < -0.39 is 0 Å². The van der Waals surface area contributed by atoms with E-state index in [9.17, 15) is 0 Å². The van der Waals surface area contributed by atoms with E-state index in [2.05, 4.69) is 86.6 Å². The Labute approximate surface area is 155 Å². The van der Waals surface area contributed by atoms with Gasteiger partial charge in [-0.05, 0) is 29.7 Å². The lowest BCUT2D eigenvalue weighted by Gasteiger charge is -2.32. The first-order valence-electron chi connectivity index (χ1n) is 9.39. The predicted molar refractivity (Wildman–Crippen MR) is 110 cm³/mol. The molecule has 1 aromatic carbocycles. The van der Waals surface area contributed by atoms with E-state index in [0.29, 0.717) is 0 Å². The third kappa shape index (κ3) is 3.86. The molecule has 0 aliphatic heterocycles. The van der Waals surface area contributed by atoms with Crippen LogP contribution in [0.3, 0.4) is 0 Å². The first-order chi connectivity index (χ1) is 11.3. The van der Waals surface area contributed by atoms with Crippen molar-refractivity contribution in [3.8, 4) is 5.75 Å². The fourth-order valence-electron chi connectivity index (χ4n) is 3.65. The maximum Gasteiger partial charge on any atom is 0.126 e. The molecule has 1 nitrogen and oxygen atoms in total. The van der Waals surface area contributed by atoms with E-state index >= 15 is 0 Å². The molecular formula is C24H36O. The van der Waals surface area contributed by atoms with Gasteiger partial charge in [0.1, 0.15) is 5.75 Å². The van der Waals surface area contributed by atoms with Gasteiger partial charge in [0.05, 0.1) is 7.11 Å². The first-order valence-corrected chi connectivity index (χ1v) is 9.39. The number of rotatable bonds is 3. The minimum Gasteiger partial charge on any atom is -0.496 e. The highest BCUT2D eigenvalue weighted by Gasteiger charge is 2.34. The minimum absolute atomic E-state index is 0.0542. The van der Waals surface area contributed by atoms with Gasteiger partial charge in [-0.2, -0.15) is 0 Å². The van der Waals surface area contributed by atoms with Crippen molar-refractivity contribution < 1.29 is 4.74 Å². The second-order valence-electron chi connectivity index (χ2n) is 10.1. The molecule has 0 bridgehead atoms. The molecule has 0 atom stereocenters. The van der Waals surface area contributed by atoms with Gasteiger partial charge >= 0.3 is 0 Å². The molecule has 0 N–H and O–H groups in total. The molecule has 0 aromatic heterocycles. The molecule has 0 spiro atoms. The van der Waals surface area contributed by atoms with Crippen molar-refractivity contribution in [1.82, 2.24) is 0 Å². The predicted octanol–water partition coefficient (Wildman–Crippen LogP) is 6.88. The minimum atomic E-state index is -0.0790. The molecule has 1 aliphatic rings. The summed E-state index contributed by atoms with van der Waals surface area (Å²) in [5.74, 6) is 1.04. The van der Waals surface area contributed by atoms with Crippen LogP contribution >= 0.6 is 0 Å². The maximum atomic E-state index is 5.95. The zero-order valence-electron chi connectivity index (χ0n) is 17.9. The van der Waals surface area contributed by atoms with E-state index in [1.807, 2.05) is 0 Å². The summed E-state index contributed by atoms with van der Waals surface area (Å²) >= 11 is 0. The van der Waals surface area contributed by atoms with Crippen molar-refractivity contribution in [2.45, 2.75) is 79.6 Å². The highest BCUT2D eigenvalue weighted by molar-refractivity contribution is 5.56. The molecule has 0 radical (unpaired) electrons. The smallest absolute Gasteiger partial charge is 0.126 e. The lowest BCUT2D eigenvalue weighted by atomic mass is 9.73. The SMILES string of the molecule is COc1c(C(C)(C)C)cc(C)cc1C(C)(C)C1=CCC(C(C)(C)C)=C1. The van der Waals surface area contributed by atoms with Crippen LogP contribution in [0.5, 0.6) is 5.75 Å². The van der Waals surface area contributed by atoms with Crippen LogP contribution in [-0.2, 0) is 10.8 Å².